The van der Waals surface area contributed by atoms with Crippen LogP contribution in [0.15, 0.2) is 115 Å². The molecule has 0 aliphatic heterocycles. The molecule has 174 valence electrons. The summed E-state index contributed by atoms with van der Waals surface area (Å²) >= 11 is 0. The fraction of sp³-hybridized carbons (Fsp3) is 0.118. The highest BCUT2D eigenvalue weighted by molar-refractivity contribution is 5.98. The number of anilines is 3. The molecule has 0 heterocycles. The van der Waals surface area contributed by atoms with Crippen LogP contribution in [0, 0.1) is 0 Å². The minimum Gasteiger partial charge on any atom is -0.378 e. The first-order chi connectivity index (χ1) is 17.6. The van der Waals surface area contributed by atoms with Crippen LogP contribution in [0.2, 0.25) is 0 Å². The van der Waals surface area contributed by atoms with Gasteiger partial charge in [0.1, 0.15) is 0 Å². The van der Waals surface area contributed by atoms with Gasteiger partial charge in [-0.25, -0.2) is 0 Å². The van der Waals surface area contributed by atoms with E-state index in [1.165, 1.54) is 61.6 Å². The Labute approximate surface area is 213 Å². The van der Waals surface area contributed by atoms with Gasteiger partial charge in [-0.15, -0.1) is 0 Å². The van der Waals surface area contributed by atoms with Crippen molar-refractivity contribution < 1.29 is 0 Å². The third-order valence-corrected chi connectivity index (χ3v) is 8.11. The quantitative estimate of drug-likeness (QED) is 0.263. The maximum absolute atomic E-state index is 2.36. The molecule has 0 saturated carbocycles. The van der Waals surface area contributed by atoms with E-state index in [2.05, 4.69) is 146 Å². The van der Waals surface area contributed by atoms with Crippen LogP contribution in [0.25, 0.3) is 22.3 Å². The molecule has 2 heteroatoms. The molecule has 5 aromatic rings. The van der Waals surface area contributed by atoms with Crippen molar-refractivity contribution in [2.75, 3.05) is 30.9 Å². The average Bonchev–Trinajstić information content (AvgIpc) is 3.40. The highest BCUT2D eigenvalue weighted by Crippen LogP contribution is 2.64. The van der Waals surface area contributed by atoms with Crippen molar-refractivity contribution in [2.45, 2.75) is 5.41 Å². The summed E-state index contributed by atoms with van der Waals surface area (Å²) in [5, 5.41) is 0. The lowest BCUT2D eigenvalue weighted by atomic mass is 9.70. The minimum absolute atomic E-state index is 0.340. The molecule has 1 spiro atoms. The maximum atomic E-state index is 2.36. The second-order valence-electron chi connectivity index (χ2n) is 10.1. The van der Waals surface area contributed by atoms with E-state index < -0.39 is 0 Å². The Morgan fingerprint density at radius 1 is 0.444 bits per heavy atom. The predicted octanol–water partition coefficient (Wildman–Crippen LogP) is 7.86. The highest BCUT2D eigenvalue weighted by atomic mass is 15.1. The molecule has 0 aromatic heterocycles. The number of hydrogen-bond donors (Lipinski definition) is 0. The van der Waals surface area contributed by atoms with Crippen LogP contribution < -0.4 is 9.80 Å². The van der Waals surface area contributed by atoms with E-state index >= 15 is 0 Å². The van der Waals surface area contributed by atoms with E-state index in [1.807, 2.05) is 0 Å². The van der Waals surface area contributed by atoms with Crippen LogP contribution >= 0.6 is 0 Å². The summed E-state index contributed by atoms with van der Waals surface area (Å²) in [6, 6.07) is 42.6. The van der Waals surface area contributed by atoms with Crippen LogP contribution in [0.4, 0.5) is 17.1 Å². The molecule has 0 unspecified atom stereocenters. The Kier molecular flexibility index (Phi) is 4.44. The molecule has 2 aliphatic rings. The van der Waals surface area contributed by atoms with Gasteiger partial charge in [0.25, 0.3) is 0 Å². The summed E-state index contributed by atoms with van der Waals surface area (Å²) < 4.78 is 0. The summed E-state index contributed by atoms with van der Waals surface area (Å²) in [6.45, 7) is 0. The smallest absolute Gasteiger partial charge is 0.0745 e. The number of benzene rings is 5. The van der Waals surface area contributed by atoms with E-state index in [1.54, 1.807) is 0 Å². The Morgan fingerprint density at radius 2 is 0.889 bits per heavy atom. The van der Waals surface area contributed by atoms with E-state index in [4.69, 9.17) is 0 Å². The van der Waals surface area contributed by atoms with E-state index in [9.17, 15) is 0 Å². The lowest BCUT2D eigenvalue weighted by Gasteiger charge is -2.34. The molecule has 0 N–H and O–H groups in total. The van der Waals surface area contributed by atoms with Crippen LogP contribution in [0.1, 0.15) is 22.3 Å². The lowest BCUT2D eigenvalue weighted by molar-refractivity contribution is 0.791. The van der Waals surface area contributed by atoms with Gasteiger partial charge in [0.15, 0.2) is 0 Å². The second-order valence-corrected chi connectivity index (χ2v) is 10.1. The monoisotopic (exact) mass is 464 g/mol. The first-order valence-corrected chi connectivity index (χ1v) is 12.6. The zero-order valence-corrected chi connectivity index (χ0v) is 20.9. The molecular formula is C34H28N2. The van der Waals surface area contributed by atoms with Crippen molar-refractivity contribution in [1.29, 1.82) is 0 Å². The summed E-state index contributed by atoms with van der Waals surface area (Å²) in [7, 11) is 6.36. The van der Waals surface area contributed by atoms with Gasteiger partial charge in [0.05, 0.1) is 5.41 Å². The van der Waals surface area contributed by atoms with Crippen molar-refractivity contribution in [3.63, 3.8) is 0 Å². The molecule has 2 aliphatic carbocycles. The lowest BCUT2D eigenvalue weighted by Crippen LogP contribution is -2.28. The molecule has 0 bridgehead atoms. The molecule has 2 nitrogen and oxygen atoms in total. The normalized spacial score (nSPS) is 13.6. The molecule has 0 saturated heterocycles. The predicted molar refractivity (Wildman–Crippen MR) is 152 cm³/mol. The Bertz CT molecular complexity index is 1560. The van der Waals surface area contributed by atoms with Crippen LogP contribution in [-0.4, -0.2) is 21.1 Å². The maximum Gasteiger partial charge on any atom is 0.0745 e. The molecule has 0 atom stereocenters. The Morgan fingerprint density at radius 3 is 1.42 bits per heavy atom. The number of fused-ring (bicyclic) bond motifs is 10. The van der Waals surface area contributed by atoms with E-state index in [-0.39, 0.29) is 5.41 Å². The van der Waals surface area contributed by atoms with E-state index in [0.717, 1.165) is 0 Å². The molecule has 0 fully saturated rings. The van der Waals surface area contributed by atoms with Gasteiger partial charge < -0.3 is 9.80 Å². The molecule has 0 amide bonds. The zero-order chi connectivity index (χ0) is 24.4. The van der Waals surface area contributed by atoms with Crippen molar-refractivity contribution >= 4 is 17.1 Å². The van der Waals surface area contributed by atoms with Gasteiger partial charge in [0, 0.05) is 43.8 Å². The topological polar surface area (TPSA) is 6.48 Å². The van der Waals surface area contributed by atoms with Gasteiger partial charge in [-0.3, -0.25) is 0 Å². The number of rotatable bonds is 3. The minimum atomic E-state index is -0.340. The first-order valence-electron chi connectivity index (χ1n) is 12.6. The van der Waals surface area contributed by atoms with Crippen LogP contribution in [-0.2, 0) is 5.41 Å². The Hall–Kier alpha value is -4.30. The van der Waals surface area contributed by atoms with Gasteiger partial charge in [-0.2, -0.15) is 0 Å². The Balaban J connectivity index is 1.55. The van der Waals surface area contributed by atoms with Gasteiger partial charge in [-0.1, -0.05) is 84.9 Å². The van der Waals surface area contributed by atoms with Crippen molar-refractivity contribution in [1.82, 2.24) is 0 Å². The standard InChI is InChI=1S/C34H28N2/c1-35(2)23-19-21-24(22-20-23)36(3)32-18-10-14-28-27-13-6-9-17-31(27)34(33(28)32)29-15-7-4-11-25(29)26-12-5-8-16-30(26)34/h4-22H,1-3H3. The SMILES string of the molecule is CN(C)c1ccc(N(C)c2cccc3c2C2(c4ccccc4-c4ccccc42)c2ccccc2-3)cc1. The molecule has 36 heavy (non-hydrogen) atoms. The summed E-state index contributed by atoms with van der Waals surface area (Å²) in [6.07, 6.45) is 0. The summed E-state index contributed by atoms with van der Waals surface area (Å²) in [5.74, 6) is 0. The average molecular weight is 465 g/mol. The fourth-order valence-electron chi connectivity index (χ4n) is 6.53. The molecule has 0 radical (unpaired) electrons. The fourth-order valence-corrected chi connectivity index (χ4v) is 6.53. The zero-order valence-electron chi connectivity index (χ0n) is 20.9. The van der Waals surface area contributed by atoms with Crippen LogP contribution in [0.3, 0.4) is 0 Å². The van der Waals surface area contributed by atoms with Gasteiger partial charge >= 0.3 is 0 Å². The third-order valence-electron chi connectivity index (χ3n) is 8.11. The van der Waals surface area contributed by atoms with Crippen molar-refractivity contribution in [3.8, 4) is 22.3 Å². The first kappa shape index (κ1) is 21.0. The second kappa shape index (κ2) is 7.60. The van der Waals surface area contributed by atoms with Gasteiger partial charge in [0.2, 0.25) is 0 Å². The number of nitrogens with zero attached hydrogens (tertiary/aromatic N) is 2. The molecule has 5 aromatic carbocycles. The van der Waals surface area contributed by atoms with Crippen LogP contribution in [0.5, 0.6) is 0 Å². The summed E-state index contributed by atoms with van der Waals surface area (Å²) in [5.41, 5.74) is 14.1. The summed E-state index contributed by atoms with van der Waals surface area (Å²) in [4.78, 5) is 4.50. The van der Waals surface area contributed by atoms with Crippen molar-refractivity contribution in [2.24, 2.45) is 0 Å². The molecular weight excluding hydrogens is 436 g/mol. The van der Waals surface area contributed by atoms with Gasteiger partial charge in [-0.05, 0) is 69.3 Å². The van der Waals surface area contributed by atoms with E-state index in [0.29, 0.717) is 0 Å². The highest BCUT2D eigenvalue weighted by Gasteiger charge is 2.52. The third kappa shape index (κ3) is 2.62. The van der Waals surface area contributed by atoms with Crippen molar-refractivity contribution in [3.05, 3.63) is 138 Å². The molecule has 7 rings (SSSR count). The largest absolute Gasteiger partial charge is 0.378 e. The number of hydrogen-bond acceptors (Lipinski definition) is 2.